The molecule has 0 radical (unpaired) electrons. The molecule has 0 spiro atoms. The molecule has 0 amide bonds. The summed E-state index contributed by atoms with van der Waals surface area (Å²) in [5, 5.41) is 31.8. The lowest BCUT2D eigenvalue weighted by Gasteiger charge is -2.60. The number of carbonyl (C=O) groups is 4. The number of nitrogens with two attached hydrogens (primary N) is 1. The number of rotatable bonds is 7. The molecule has 0 unspecified atom stereocenters. The van der Waals surface area contributed by atoms with E-state index in [1.807, 2.05) is 6.92 Å². The first-order valence-electron chi connectivity index (χ1n) is 12.6. The summed E-state index contributed by atoms with van der Waals surface area (Å²) in [5.74, 6) is -2.32. The van der Waals surface area contributed by atoms with Crippen LogP contribution in [0.1, 0.15) is 71.6 Å². The summed E-state index contributed by atoms with van der Waals surface area (Å²) in [6.45, 7) is 3.36. The Labute approximate surface area is 205 Å². The molecule has 194 valence electrons. The first-order valence-corrected chi connectivity index (χ1v) is 12.6. The zero-order chi connectivity index (χ0) is 25.8. The lowest BCUT2D eigenvalue weighted by atomic mass is 9.45. The zero-order valence-corrected chi connectivity index (χ0v) is 20.5. The van der Waals surface area contributed by atoms with Gasteiger partial charge in [0.2, 0.25) is 5.78 Å². The van der Waals surface area contributed by atoms with E-state index in [9.17, 15) is 29.4 Å². The van der Waals surface area contributed by atoms with Gasteiger partial charge in [-0.15, -0.1) is 0 Å². The molecule has 0 aromatic rings. The molecule has 35 heavy (non-hydrogen) atoms. The van der Waals surface area contributed by atoms with Crippen LogP contribution in [0, 0.1) is 28.6 Å². The molecule has 4 aliphatic rings. The van der Waals surface area contributed by atoms with Crippen molar-refractivity contribution >= 4 is 23.5 Å². The number of carbonyl (C=O) groups excluding carboxylic acids is 3. The van der Waals surface area contributed by atoms with Crippen molar-refractivity contribution in [3.63, 3.8) is 0 Å². The molecule has 4 aliphatic carbocycles. The minimum absolute atomic E-state index is 0.0226. The third-order valence-electron chi connectivity index (χ3n) is 9.83. The Morgan fingerprint density at radius 1 is 1.20 bits per heavy atom. The SMILES string of the molecule is C[C@]12CCC(=O)C=C1CC[C@@H]1[C@@H]2[C@H](O)C[C@@]2(C)[C@H]1CC[C@]2(O)C(=O)COC(=O)[C@H](N)CCC(=O)O. The maximum Gasteiger partial charge on any atom is 0.323 e. The van der Waals surface area contributed by atoms with E-state index in [0.717, 1.165) is 18.4 Å². The number of aliphatic carboxylic acids is 1. The Balaban J connectivity index is 1.49. The van der Waals surface area contributed by atoms with Crippen LogP contribution in [0.2, 0.25) is 0 Å². The van der Waals surface area contributed by atoms with Gasteiger partial charge in [-0.2, -0.15) is 0 Å². The second kappa shape index (κ2) is 9.09. The molecule has 3 saturated carbocycles. The summed E-state index contributed by atoms with van der Waals surface area (Å²) in [7, 11) is 0. The number of carboxylic acids is 1. The summed E-state index contributed by atoms with van der Waals surface area (Å²) in [6, 6.07) is -1.16. The molecule has 0 saturated heterocycles. The normalized spacial score (nSPS) is 41.2. The van der Waals surface area contributed by atoms with Gasteiger partial charge in [-0.1, -0.05) is 19.4 Å². The summed E-state index contributed by atoms with van der Waals surface area (Å²) in [5.41, 5.74) is 3.91. The first-order chi connectivity index (χ1) is 16.3. The van der Waals surface area contributed by atoms with Crippen molar-refractivity contribution in [3.8, 4) is 0 Å². The van der Waals surface area contributed by atoms with Gasteiger partial charge in [-0.05, 0) is 74.2 Å². The molecule has 4 rings (SSSR count). The number of aliphatic hydroxyl groups is 2. The van der Waals surface area contributed by atoms with E-state index in [1.165, 1.54) is 0 Å². The summed E-state index contributed by atoms with van der Waals surface area (Å²) >= 11 is 0. The number of ketones is 2. The van der Waals surface area contributed by atoms with Gasteiger partial charge in [0.05, 0.1) is 6.10 Å². The predicted octanol–water partition coefficient (Wildman–Crippen LogP) is 1.52. The lowest BCUT2D eigenvalue weighted by molar-refractivity contribution is -0.184. The van der Waals surface area contributed by atoms with Gasteiger partial charge in [0.25, 0.3) is 0 Å². The van der Waals surface area contributed by atoms with Gasteiger partial charge in [0.15, 0.2) is 12.4 Å². The average Bonchev–Trinajstić information content (AvgIpc) is 3.06. The molecule has 0 bridgehead atoms. The van der Waals surface area contributed by atoms with Crippen LogP contribution in [0.25, 0.3) is 0 Å². The topological polar surface area (TPSA) is 164 Å². The van der Waals surface area contributed by atoms with E-state index in [0.29, 0.717) is 19.3 Å². The lowest BCUT2D eigenvalue weighted by Crippen LogP contribution is -2.62. The van der Waals surface area contributed by atoms with Crippen molar-refractivity contribution in [1.82, 2.24) is 0 Å². The third-order valence-corrected chi connectivity index (χ3v) is 9.83. The van der Waals surface area contributed by atoms with E-state index < -0.39 is 47.5 Å². The number of aliphatic hydroxyl groups excluding tert-OH is 1. The van der Waals surface area contributed by atoms with Crippen LogP contribution < -0.4 is 5.73 Å². The molecule has 3 fully saturated rings. The Hall–Kier alpha value is -2.10. The number of fused-ring (bicyclic) bond motifs is 5. The number of carboxylic acid groups (broad SMARTS) is 1. The van der Waals surface area contributed by atoms with Crippen molar-refractivity contribution in [3.05, 3.63) is 11.6 Å². The van der Waals surface area contributed by atoms with Crippen molar-refractivity contribution in [2.24, 2.45) is 34.3 Å². The maximum atomic E-state index is 13.2. The van der Waals surface area contributed by atoms with Crippen LogP contribution in [0.15, 0.2) is 11.6 Å². The first kappa shape index (κ1) is 26.0. The van der Waals surface area contributed by atoms with Gasteiger partial charge < -0.3 is 25.8 Å². The molecule has 9 nitrogen and oxygen atoms in total. The Kier molecular flexibility index (Phi) is 6.74. The van der Waals surface area contributed by atoms with E-state index in [4.69, 9.17) is 15.6 Å². The number of allylic oxidation sites excluding steroid dienone is 1. The van der Waals surface area contributed by atoms with Crippen LogP contribution in [-0.2, 0) is 23.9 Å². The van der Waals surface area contributed by atoms with Gasteiger partial charge >= 0.3 is 11.9 Å². The third kappa shape index (κ3) is 4.15. The molecular weight excluding hydrogens is 454 g/mol. The summed E-state index contributed by atoms with van der Waals surface area (Å²) < 4.78 is 5.06. The minimum atomic E-state index is -1.74. The van der Waals surface area contributed by atoms with Gasteiger partial charge in [-0.3, -0.25) is 19.2 Å². The molecule has 0 aromatic carbocycles. The van der Waals surface area contributed by atoms with Crippen LogP contribution in [-0.4, -0.2) is 63.2 Å². The molecule has 9 heteroatoms. The molecule has 5 N–H and O–H groups in total. The number of hydrogen-bond donors (Lipinski definition) is 4. The van der Waals surface area contributed by atoms with Crippen molar-refractivity contribution in [2.45, 2.75) is 89.4 Å². The van der Waals surface area contributed by atoms with Crippen molar-refractivity contribution < 1.29 is 39.2 Å². The Morgan fingerprint density at radius 3 is 2.60 bits per heavy atom. The fourth-order valence-electron chi connectivity index (χ4n) is 7.91. The summed E-state index contributed by atoms with van der Waals surface area (Å²) in [6.07, 6.45) is 4.51. The Bertz CT molecular complexity index is 961. The average molecular weight is 492 g/mol. The van der Waals surface area contributed by atoms with Crippen LogP contribution >= 0.6 is 0 Å². The highest BCUT2D eigenvalue weighted by Gasteiger charge is 2.68. The summed E-state index contributed by atoms with van der Waals surface area (Å²) in [4.78, 5) is 48.1. The van der Waals surface area contributed by atoms with Gasteiger partial charge in [-0.25, -0.2) is 0 Å². The van der Waals surface area contributed by atoms with E-state index in [-0.39, 0.29) is 54.6 Å². The quantitative estimate of drug-likeness (QED) is 0.386. The zero-order valence-electron chi connectivity index (χ0n) is 20.5. The molecule has 0 aliphatic heterocycles. The largest absolute Gasteiger partial charge is 0.481 e. The maximum absolute atomic E-state index is 13.2. The standard InChI is InChI=1S/C26H37NO8/c1-24-9-7-15(28)11-14(24)3-4-16-17-8-10-26(34,25(17,2)12-19(29)22(16)24)20(30)13-35-23(33)18(27)5-6-21(31)32/h11,16-19,22,29,34H,3-10,12-13,27H2,1-2H3,(H,31,32)/t16-,17-,18+,19+,22+,24-,25-,26-/m0/s1. The van der Waals surface area contributed by atoms with Gasteiger partial charge in [0.1, 0.15) is 11.6 Å². The highest BCUT2D eigenvalue weighted by atomic mass is 16.5. The van der Waals surface area contributed by atoms with E-state index >= 15 is 0 Å². The van der Waals surface area contributed by atoms with E-state index in [1.54, 1.807) is 6.08 Å². The van der Waals surface area contributed by atoms with E-state index in [2.05, 4.69) is 6.92 Å². The number of Topliss-reactive ketones (excluding diaryl/α,β-unsaturated/α-hetero) is 1. The second-order valence-electron chi connectivity index (χ2n) is 11.5. The number of hydrogen-bond acceptors (Lipinski definition) is 8. The van der Waals surface area contributed by atoms with Crippen molar-refractivity contribution in [1.29, 1.82) is 0 Å². The predicted molar refractivity (Wildman–Crippen MR) is 124 cm³/mol. The van der Waals surface area contributed by atoms with Crippen LogP contribution in [0.3, 0.4) is 0 Å². The fourth-order valence-corrected chi connectivity index (χ4v) is 7.91. The number of ether oxygens (including phenoxy) is 1. The smallest absolute Gasteiger partial charge is 0.323 e. The minimum Gasteiger partial charge on any atom is -0.481 e. The van der Waals surface area contributed by atoms with Gasteiger partial charge in [0, 0.05) is 18.3 Å². The van der Waals surface area contributed by atoms with Crippen LogP contribution in [0.5, 0.6) is 0 Å². The fraction of sp³-hybridized carbons (Fsp3) is 0.769. The molecule has 8 atom stereocenters. The highest BCUT2D eigenvalue weighted by molar-refractivity contribution is 5.92. The molecular formula is C26H37NO8. The molecule has 0 aromatic heterocycles. The highest BCUT2D eigenvalue weighted by Crippen LogP contribution is 2.67. The monoisotopic (exact) mass is 491 g/mol. The molecule has 0 heterocycles. The second-order valence-corrected chi connectivity index (χ2v) is 11.5. The van der Waals surface area contributed by atoms with Crippen molar-refractivity contribution in [2.75, 3.05) is 6.61 Å². The van der Waals surface area contributed by atoms with Crippen LogP contribution in [0.4, 0.5) is 0 Å². The number of esters is 1. The Morgan fingerprint density at radius 2 is 1.91 bits per heavy atom.